The third kappa shape index (κ3) is 4.41. The molecule has 1 aromatic carbocycles. The third-order valence-electron chi connectivity index (χ3n) is 4.86. The molecule has 1 saturated heterocycles. The predicted molar refractivity (Wildman–Crippen MR) is 101 cm³/mol. The van der Waals surface area contributed by atoms with Gasteiger partial charge in [-0.1, -0.05) is 12.1 Å². The lowest BCUT2D eigenvalue weighted by Crippen LogP contribution is -2.51. The molecule has 0 saturated carbocycles. The van der Waals surface area contributed by atoms with Crippen molar-refractivity contribution in [2.45, 2.75) is 25.8 Å². The minimum Gasteiger partial charge on any atom is -0.450 e. The van der Waals surface area contributed by atoms with Gasteiger partial charge in [-0.25, -0.2) is 4.79 Å². The van der Waals surface area contributed by atoms with E-state index < -0.39 is 6.04 Å². The Labute approximate surface area is 163 Å². The summed E-state index contributed by atoms with van der Waals surface area (Å²) in [6.45, 7) is 3.75. The van der Waals surface area contributed by atoms with Crippen LogP contribution in [0.5, 0.6) is 0 Å². The Balaban J connectivity index is 1.51. The molecule has 1 fully saturated rings. The Bertz CT molecular complexity index is 773. The minimum atomic E-state index is -0.773. The van der Waals surface area contributed by atoms with Gasteiger partial charge in [0.05, 0.1) is 17.9 Å². The van der Waals surface area contributed by atoms with Gasteiger partial charge in [-0.3, -0.25) is 14.4 Å². The van der Waals surface area contributed by atoms with Crippen LogP contribution in [0, 0.1) is 0 Å². The number of nitrogens with one attached hydrogen (secondary N) is 2. The predicted octanol–water partition coefficient (Wildman–Crippen LogP) is 0.818. The highest BCUT2D eigenvalue weighted by molar-refractivity contribution is 6.09. The van der Waals surface area contributed by atoms with Crippen LogP contribution in [0.15, 0.2) is 24.3 Å². The number of hydrogen-bond donors (Lipinski definition) is 2. The summed E-state index contributed by atoms with van der Waals surface area (Å²) in [5, 5.41) is 5.42. The minimum absolute atomic E-state index is 0.104. The molecule has 0 radical (unpaired) electrons. The number of piperazine rings is 1. The van der Waals surface area contributed by atoms with Gasteiger partial charge < -0.3 is 25.2 Å². The van der Waals surface area contributed by atoms with Gasteiger partial charge in [0, 0.05) is 32.6 Å². The van der Waals surface area contributed by atoms with Gasteiger partial charge in [-0.15, -0.1) is 0 Å². The molecule has 0 aliphatic carbocycles. The number of amides is 4. The summed E-state index contributed by atoms with van der Waals surface area (Å²) in [6.07, 6.45) is -0.0247. The van der Waals surface area contributed by atoms with E-state index in [1.54, 1.807) is 41.0 Å². The lowest BCUT2D eigenvalue weighted by atomic mass is 10.1. The second-order valence-electron chi connectivity index (χ2n) is 6.67. The molecule has 2 aliphatic rings. The van der Waals surface area contributed by atoms with Gasteiger partial charge in [0.2, 0.25) is 11.8 Å². The van der Waals surface area contributed by atoms with Crippen molar-refractivity contribution < 1.29 is 23.9 Å². The number of hydrogen-bond acceptors (Lipinski definition) is 5. The number of rotatable bonds is 4. The maximum atomic E-state index is 12.5. The maximum absolute atomic E-state index is 12.5. The van der Waals surface area contributed by atoms with E-state index >= 15 is 0 Å². The van der Waals surface area contributed by atoms with E-state index in [2.05, 4.69) is 10.6 Å². The molecule has 4 amide bonds. The monoisotopic (exact) mass is 388 g/mol. The molecular weight excluding hydrogens is 364 g/mol. The average Bonchev–Trinajstić information content (AvgIpc) is 2.82. The van der Waals surface area contributed by atoms with E-state index in [1.807, 2.05) is 0 Å². The number of fused-ring (bicyclic) bond motifs is 1. The van der Waals surface area contributed by atoms with Crippen molar-refractivity contribution in [3.63, 3.8) is 0 Å². The van der Waals surface area contributed by atoms with Gasteiger partial charge in [-0.2, -0.15) is 0 Å². The first kappa shape index (κ1) is 19.7. The van der Waals surface area contributed by atoms with Crippen molar-refractivity contribution in [1.29, 1.82) is 0 Å². The van der Waals surface area contributed by atoms with Crippen LogP contribution in [-0.4, -0.2) is 72.4 Å². The number of carbonyl (C=O) groups is 4. The summed E-state index contributed by atoms with van der Waals surface area (Å²) < 4.78 is 4.96. The fourth-order valence-corrected chi connectivity index (χ4v) is 3.29. The molecule has 9 nitrogen and oxygen atoms in total. The zero-order chi connectivity index (χ0) is 20.1. The number of carbonyl (C=O) groups excluding carboxylic acids is 4. The standard InChI is InChI=1S/C19H24N4O5/c1-2-28-19(27)23-11-9-22(10-12-23)16(24)8-7-15-18(26)20-14-6-4-3-5-13(14)17(25)21-15/h3-6,15H,2,7-12H2,1H3,(H,20,26)(H,21,25)/t15-/m0/s1. The number of anilines is 1. The van der Waals surface area contributed by atoms with Crippen molar-refractivity contribution in [3.05, 3.63) is 29.8 Å². The first-order valence-corrected chi connectivity index (χ1v) is 9.40. The van der Waals surface area contributed by atoms with Crippen molar-refractivity contribution in [2.24, 2.45) is 0 Å². The summed E-state index contributed by atoms with van der Waals surface area (Å²) in [5.74, 6) is -0.778. The molecule has 2 aliphatic heterocycles. The van der Waals surface area contributed by atoms with Crippen molar-refractivity contribution in [2.75, 3.05) is 38.1 Å². The fraction of sp³-hybridized carbons (Fsp3) is 0.474. The topological polar surface area (TPSA) is 108 Å². The summed E-state index contributed by atoms with van der Waals surface area (Å²) in [6, 6.07) is 6.01. The van der Waals surface area contributed by atoms with Crippen LogP contribution < -0.4 is 10.6 Å². The maximum Gasteiger partial charge on any atom is 0.409 e. The molecule has 3 rings (SSSR count). The fourth-order valence-electron chi connectivity index (χ4n) is 3.29. The van der Waals surface area contributed by atoms with Crippen LogP contribution in [0.3, 0.4) is 0 Å². The zero-order valence-electron chi connectivity index (χ0n) is 15.8. The molecule has 1 aromatic rings. The number of nitrogens with zero attached hydrogens (tertiary/aromatic N) is 2. The Kier molecular flexibility index (Phi) is 6.13. The van der Waals surface area contributed by atoms with E-state index in [-0.39, 0.29) is 36.7 Å². The summed E-state index contributed by atoms with van der Waals surface area (Å²) in [5.41, 5.74) is 0.869. The highest BCUT2D eigenvalue weighted by atomic mass is 16.6. The van der Waals surface area contributed by atoms with Crippen LogP contribution in [0.25, 0.3) is 0 Å². The van der Waals surface area contributed by atoms with Crippen molar-refractivity contribution in [1.82, 2.24) is 15.1 Å². The Morgan fingerprint density at radius 2 is 1.79 bits per heavy atom. The van der Waals surface area contributed by atoms with Crippen LogP contribution >= 0.6 is 0 Å². The van der Waals surface area contributed by atoms with Gasteiger partial charge >= 0.3 is 6.09 Å². The molecule has 2 N–H and O–H groups in total. The van der Waals surface area contributed by atoms with Gasteiger partial charge in [0.25, 0.3) is 5.91 Å². The summed E-state index contributed by atoms with van der Waals surface area (Å²) in [4.78, 5) is 52.1. The van der Waals surface area contributed by atoms with Crippen LogP contribution in [0.1, 0.15) is 30.1 Å². The molecular formula is C19H24N4O5. The Morgan fingerprint density at radius 3 is 2.50 bits per heavy atom. The molecule has 1 atom stereocenters. The molecule has 28 heavy (non-hydrogen) atoms. The van der Waals surface area contributed by atoms with E-state index in [1.165, 1.54) is 0 Å². The van der Waals surface area contributed by atoms with Gasteiger partial charge in [0.15, 0.2) is 0 Å². The van der Waals surface area contributed by atoms with Crippen LogP contribution in [0.2, 0.25) is 0 Å². The first-order chi connectivity index (χ1) is 13.5. The molecule has 150 valence electrons. The normalized spacial score (nSPS) is 19.2. The number of benzene rings is 1. The number of ether oxygens (including phenoxy) is 1. The molecule has 0 spiro atoms. The molecule has 2 heterocycles. The van der Waals surface area contributed by atoms with E-state index in [0.717, 1.165) is 0 Å². The van der Waals surface area contributed by atoms with E-state index in [9.17, 15) is 19.2 Å². The summed E-state index contributed by atoms with van der Waals surface area (Å²) >= 11 is 0. The molecule has 0 aromatic heterocycles. The lowest BCUT2D eigenvalue weighted by Gasteiger charge is -2.34. The van der Waals surface area contributed by atoms with Crippen LogP contribution in [-0.2, 0) is 14.3 Å². The lowest BCUT2D eigenvalue weighted by molar-refractivity contribution is -0.133. The highest BCUT2D eigenvalue weighted by Gasteiger charge is 2.29. The zero-order valence-corrected chi connectivity index (χ0v) is 15.8. The third-order valence-corrected chi connectivity index (χ3v) is 4.86. The van der Waals surface area contributed by atoms with Crippen molar-refractivity contribution >= 4 is 29.5 Å². The Hall–Kier alpha value is -3.10. The van der Waals surface area contributed by atoms with Crippen LogP contribution in [0.4, 0.5) is 10.5 Å². The second kappa shape index (κ2) is 8.73. The smallest absolute Gasteiger partial charge is 0.409 e. The first-order valence-electron chi connectivity index (χ1n) is 9.40. The van der Waals surface area contributed by atoms with E-state index in [0.29, 0.717) is 44.0 Å². The largest absolute Gasteiger partial charge is 0.450 e. The molecule has 0 unspecified atom stereocenters. The highest BCUT2D eigenvalue weighted by Crippen LogP contribution is 2.19. The summed E-state index contributed by atoms with van der Waals surface area (Å²) in [7, 11) is 0. The van der Waals surface area contributed by atoms with Gasteiger partial charge in [0.1, 0.15) is 6.04 Å². The van der Waals surface area contributed by atoms with E-state index in [4.69, 9.17) is 4.74 Å². The Morgan fingerprint density at radius 1 is 1.11 bits per heavy atom. The SMILES string of the molecule is CCOC(=O)N1CCN(C(=O)CC[C@@H]2NC(=O)c3ccccc3NC2=O)CC1. The average molecular weight is 388 g/mol. The molecule has 9 heteroatoms. The molecule has 0 bridgehead atoms. The quantitative estimate of drug-likeness (QED) is 0.794. The number of para-hydroxylation sites is 1. The van der Waals surface area contributed by atoms with Gasteiger partial charge in [-0.05, 0) is 25.5 Å². The van der Waals surface area contributed by atoms with Crippen molar-refractivity contribution in [3.8, 4) is 0 Å². The second-order valence-corrected chi connectivity index (χ2v) is 6.67.